The molecule has 0 fully saturated rings. The van der Waals surface area contributed by atoms with Gasteiger partial charge >= 0.3 is 0 Å². The number of methoxy groups -OCH3 is 1. The third kappa shape index (κ3) is 7.66. The number of nitrogens with two attached hydrogens (primary N) is 1. The number of aliphatic hydroxyl groups is 2. The van der Waals surface area contributed by atoms with Gasteiger partial charge in [-0.1, -0.05) is 0 Å². The lowest BCUT2D eigenvalue weighted by Crippen LogP contribution is -2.35. The minimum absolute atomic E-state index is 0.0447. The number of nitrogens with one attached hydrogen (secondary N) is 3. The van der Waals surface area contributed by atoms with Gasteiger partial charge in [-0.3, -0.25) is 20.0 Å². The first-order valence-electron chi connectivity index (χ1n) is 13.8. The van der Waals surface area contributed by atoms with Crippen molar-refractivity contribution in [2.24, 2.45) is 0 Å². The highest BCUT2D eigenvalue weighted by Gasteiger charge is 2.26. The highest BCUT2D eigenvalue weighted by atomic mass is 32.2. The van der Waals surface area contributed by atoms with E-state index in [2.05, 4.69) is 16.2 Å². The van der Waals surface area contributed by atoms with E-state index in [1.165, 1.54) is 31.4 Å². The van der Waals surface area contributed by atoms with Crippen molar-refractivity contribution in [3.8, 4) is 11.5 Å². The number of rotatable bonds is 14. The molecule has 0 aliphatic heterocycles. The van der Waals surface area contributed by atoms with E-state index >= 15 is 0 Å². The van der Waals surface area contributed by atoms with Gasteiger partial charge in [-0.05, 0) is 66.4 Å². The number of phenolic OH excluding ortho intramolecular Hbond substituents is 1. The summed E-state index contributed by atoms with van der Waals surface area (Å²) in [6, 6.07) is 11.5. The maximum absolute atomic E-state index is 12.9. The van der Waals surface area contributed by atoms with Crippen LogP contribution in [-0.4, -0.2) is 87.4 Å². The number of phenols is 1. The van der Waals surface area contributed by atoms with Gasteiger partial charge in [-0.2, -0.15) is 21.1 Å². The SMILES string of the molecule is COc1cc(Nc2ccc(S(=O)(=O)N(CCO)CCO)cc2)c(C)cc1NNc1c(S(=O)(=O)O)cc2cc(S(=O)(=O)O)cc(N)c2c1O. The number of sulfonamides is 1. The largest absolute Gasteiger partial charge is 0.505 e. The Morgan fingerprint density at radius 3 is 1.98 bits per heavy atom. The van der Waals surface area contributed by atoms with Crippen LogP contribution in [0.1, 0.15) is 5.56 Å². The Balaban J connectivity index is 1.64. The molecule has 4 rings (SSSR count). The van der Waals surface area contributed by atoms with Crippen LogP contribution in [0.4, 0.5) is 28.4 Å². The van der Waals surface area contributed by atoms with Crippen LogP contribution in [0.25, 0.3) is 10.8 Å². The summed E-state index contributed by atoms with van der Waals surface area (Å²) in [7, 11) is -12.4. The number of aliphatic hydroxyl groups excluding tert-OH is 2. The minimum atomic E-state index is -5.02. The van der Waals surface area contributed by atoms with E-state index in [0.29, 0.717) is 16.9 Å². The average molecular weight is 728 g/mol. The summed E-state index contributed by atoms with van der Waals surface area (Å²) in [5, 5.41) is 32.2. The average Bonchev–Trinajstić information content (AvgIpc) is 3.00. The summed E-state index contributed by atoms with van der Waals surface area (Å²) < 4.78 is 99.4. The highest BCUT2D eigenvalue weighted by molar-refractivity contribution is 7.89. The molecule has 0 atom stereocenters. The fourth-order valence-corrected chi connectivity index (χ4v) is 7.44. The third-order valence-corrected chi connectivity index (χ3v) is 10.7. The quantitative estimate of drug-likeness (QED) is 0.0389. The predicted molar refractivity (Wildman–Crippen MR) is 177 cm³/mol. The van der Waals surface area contributed by atoms with Crippen LogP contribution in [-0.2, 0) is 30.3 Å². The van der Waals surface area contributed by atoms with Gasteiger partial charge in [0.15, 0.2) is 5.75 Å². The molecular formula is C28H33N5O12S3. The molecule has 0 bridgehead atoms. The van der Waals surface area contributed by atoms with Crippen LogP contribution in [0.5, 0.6) is 11.5 Å². The summed E-state index contributed by atoms with van der Waals surface area (Å²) in [4.78, 5) is -1.55. The number of nitrogen functional groups attached to an aromatic ring is 1. The summed E-state index contributed by atoms with van der Waals surface area (Å²) in [6.45, 7) is 0.528. The van der Waals surface area contributed by atoms with Gasteiger partial charge in [-0.25, -0.2) is 8.42 Å². The zero-order valence-electron chi connectivity index (χ0n) is 25.4. The van der Waals surface area contributed by atoms with Crippen molar-refractivity contribution in [3.05, 3.63) is 60.2 Å². The van der Waals surface area contributed by atoms with Crippen LogP contribution in [0.15, 0.2) is 69.3 Å². The van der Waals surface area contributed by atoms with E-state index in [0.717, 1.165) is 22.5 Å². The number of hydrazine groups is 1. The van der Waals surface area contributed by atoms with Crippen molar-refractivity contribution in [3.63, 3.8) is 0 Å². The second-order valence-electron chi connectivity index (χ2n) is 10.3. The Morgan fingerprint density at radius 1 is 0.812 bits per heavy atom. The Morgan fingerprint density at radius 2 is 1.44 bits per heavy atom. The molecule has 0 saturated carbocycles. The van der Waals surface area contributed by atoms with Crippen LogP contribution >= 0.6 is 0 Å². The van der Waals surface area contributed by atoms with E-state index in [4.69, 9.17) is 10.5 Å². The molecule has 260 valence electrons. The van der Waals surface area contributed by atoms with Crippen molar-refractivity contribution in [1.29, 1.82) is 0 Å². The molecule has 0 amide bonds. The van der Waals surface area contributed by atoms with Gasteiger partial charge < -0.3 is 31.1 Å². The van der Waals surface area contributed by atoms with E-state index in [9.17, 15) is 49.7 Å². The summed E-state index contributed by atoms with van der Waals surface area (Å²) in [5.74, 6) is -0.549. The molecule has 20 heteroatoms. The maximum atomic E-state index is 12.9. The van der Waals surface area contributed by atoms with E-state index < -0.39 is 64.7 Å². The molecule has 0 saturated heterocycles. The number of hydrogen-bond acceptors (Lipinski definition) is 14. The molecule has 0 aliphatic rings. The Kier molecular flexibility index (Phi) is 10.6. The monoisotopic (exact) mass is 727 g/mol. The smallest absolute Gasteiger partial charge is 0.296 e. The zero-order chi connectivity index (χ0) is 35.6. The molecule has 0 aromatic heterocycles. The van der Waals surface area contributed by atoms with Gasteiger partial charge in [-0.15, -0.1) is 0 Å². The highest BCUT2D eigenvalue weighted by Crippen LogP contribution is 2.43. The summed E-state index contributed by atoms with van der Waals surface area (Å²) >= 11 is 0. The van der Waals surface area contributed by atoms with Crippen LogP contribution in [0, 0.1) is 6.92 Å². The molecule has 17 nitrogen and oxygen atoms in total. The molecule has 0 spiro atoms. The van der Waals surface area contributed by atoms with Gasteiger partial charge in [0.1, 0.15) is 16.3 Å². The second-order valence-corrected chi connectivity index (χ2v) is 15.0. The van der Waals surface area contributed by atoms with Crippen molar-refractivity contribution < 1.29 is 54.4 Å². The molecule has 0 radical (unpaired) electrons. The number of aromatic hydroxyl groups is 1. The zero-order valence-corrected chi connectivity index (χ0v) is 27.8. The molecule has 0 aliphatic carbocycles. The maximum Gasteiger partial charge on any atom is 0.296 e. The number of aryl methyl sites for hydroxylation is 1. The van der Waals surface area contributed by atoms with E-state index in [1.807, 2.05) is 0 Å². The topological polar surface area (TPSA) is 278 Å². The van der Waals surface area contributed by atoms with Crippen LogP contribution in [0.2, 0.25) is 0 Å². The molecule has 4 aromatic carbocycles. The normalized spacial score (nSPS) is 12.3. The Hall–Kier alpha value is -4.41. The van der Waals surface area contributed by atoms with Crippen molar-refractivity contribution >= 4 is 69.5 Å². The number of nitrogens with zero attached hydrogens (tertiary/aromatic N) is 1. The number of benzene rings is 4. The lowest BCUT2D eigenvalue weighted by atomic mass is 10.1. The third-order valence-electron chi connectivity index (χ3n) is 7.09. The minimum Gasteiger partial charge on any atom is -0.505 e. The van der Waals surface area contributed by atoms with E-state index in [-0.39, 0.29) is 45.9 Å². The van der Waals surface area contributed by atoms with Gasteiger partial charge in [0.05, 0.1) is 35.8 Å². The first kappa shape index (κ1) is 36.4. The number of ether oxygens (including phenoxy) is 1. The summed E-state index contributed by atoms with van der Waals surface area (Å²) in [6.07, 6.45) is 0. The summed E-state index contributed by atoms with van der Waals surface area (Å²) in [5.41, 5.74) is 12.2. The van der Waals surface area contributed by atoms with Crippen molar-refractivity contribution in [2.45, 2.75) is 21.6 Å². The van der Waals surface area contributed by atoms with Crippen molar-refractivity contribution in [2.75, 3.05) is 55.3 Å². The molecule has 10 N–H and O–H groups in total. The van der Waals surface area contributed by atoms with Crippen molar-refractivity contribution in [1.82, 2.24) is 4.31 Å². The Bertz CT molecular complexity index is 2170. The molecule has 4 aromatic rings. The predicted octanol–water partition coefficient (Wildman–Crippen LogP) is 2.10. The number of hydrogen-bond donors (Lipinski definition) is 9. The number of fused-ring (bicyclic) bond motifs is 1. The van der Waals surface area contributed by atoms with Gasteiger partial charge in [0.25, 0.3) is 20.2 Å². The van der Waals surface area contributed by atoms with E-state index in [1.54, 1.807) is 19.1 Å². The number of anilines is 5. The Labute approximate surface area is 276 Å². The fraction of sp³-hybridized carbons (Fsp3) is 0.214. The first-order chi connectivity index (χ1) is 22.4. The van der Waals surface area contributed by atoms with Gasteiger partial charge in [0.2, 0.25) is 10.0 Å². The fourth-order valence-electron chi connectivity index (χ4n) is 4.78. The molecule has 0 unspecified atom stereocenters. The van der Waals surface area contributed by atoms with Crippen LogP contribution in [0.3, 0.4) is 0 Å². The molecular weight excluding hydrogens is 695 g/mol. The lowest BCUT2D eigenvalue weighted by molar-refractivity contribution is 0.217. The standard InChI is InChI=1S/C28H33N5O12S3/c1-16-11-23(24(45-2)15-22(16)30-18-3-5-19(6-4-18)46(37,38)33(7-9-34)8-10-35)31-32-27-25(48(42,43)44)13-17-12-20(47(39,40)41)14-21(29)26(17)28(27)36/h3-6,11-15,30-32,34-36H,7-10,29H2,1-2H3,(H,39,40,41)(H,42,43,44). The van der Waals surface area contributed by atoms with Crippen LogP contribution < -0.4 is 26.6 Å². The molecule has 48 heavy (non-hydrogen) atoms. The second kappa shape index (κ2) is 14.0. The molecule has 0 heterocycles. The van der Waals surface area contributed by atoms with Gasteiger partial charge in [0, 0.05) is 41.6 Å². The first-order valence-corrected chi connectivity index (χ1v) is 18.1. The lowest BCUT2D eigenvalue weighted by Gasteiger charge is -2.21.